The normalized spacial score (nSPS) is 17.7. The number of benzene rings is 1. The number of piperazine rings is 1. The van der Waals surface area contributed by atoms with E-state index in [1.54, 1.807) is 30.2 Å². The van der Waals surface area contributed by atoms with Crippen molar-refractivity contribution in [1.82, 2.24) is 24.4 Å². The zero-order valence-corrected chi connectivity index (χ0v) is 26.3. The monoisotopic (exact) mass is 623 g/mol. The lowest BCUT2D eigenvalue weighted by atomic mass is 9.98. The molecule has 5 aromatic rings. The van der Waals surface area contributed by atoms with Crippen molar-refractivity contribution >= 4 is 39.4 Å². The maximum absolute atomic E-state index is 16.5. The number of hydrogen-bond acceptors (Lipinski definition) is 8. The van der Waals surface area contributed by atoms with Gasteiger partial charge in [-0.1, -0.05) is 26.5 Å². The van der Waals surface area contributed by atoms with Gasteiger partial charge in [-0.05, 0) is 62.1 Å². The lowest BCUT2D eigenvalue weighted by molar-refractivity contribution is -0.128. The number of aryl methyl sites for hydroxylation is 2. The second-order valence-corrected chi connectivity index (χ2v) is 12.5. The SMILES string of the molecule is C=CC(=O)N1CC2CNc3c(c4cc(F)c(-c5c(C)ccc6[nH]c(=O)oc56)nc4n(-c4c(C)ccnc4C(C)C)c3=O)N2CC1C. The van der Waals surface area contributed by atoms with E-state index in [9.17, 15) is 14.4 Å². The standard InChI is InChI=1S/C34H34FN7O4/c1-7-24(43)40-15-20-13-37-28-30(41(20)14-19(40)6)21-12-22(35)27(25-17(4)8-9-23-31(25)46-34(45)38-23)39-32(21)42(33(28)44)29-18(5)10-11-36-26(29)16(2)3/h7-12,16,19-20,37H,1,13-15H2,2-6H3,(H,38,45). The van der Waals surface area contributed by atoms with Crippen molar-refractivity contribution in [3.63, 3.8) is 0 Å². The van der Waals surface area contributed by atoms with Gasteiger partial charge in [0.25, 0.3) is 5.56 Å². The summed E-state index contributed by atoms with van der Waals surface area (Å²) in [5.41, 5.74) is 4.38. The lowest BCUT2D eigenvalue weighted by Gasteiger charge is -2.49. The minimum atomic E-state index is -0.665. The number of aromatic nitrogens is 4. The van der Waals surface area contributed by atoms with E-state index < -0.39 is 11.6 Å². The van der Waals surface area contributed by atoms with Gasteiger partial charge in [-0.2, -0.15) is 0 Å². The van der Waals surface area contributed by atoms with Gasteiger partial charge >= 0.3 is 5.76 Å². The molecule has 46 heavy (non-hydrogen) atoms. The Bertz CT molecular complexity index is 2220. The summed E-state index contributed by atoms with van der Waals surface area (Å²) in [6.07, 6.45) is 3.02. The zero-order valence-electron chi connectivity index (χ0n) is 26.3. The highest BCUT2D eigenvalue weighted by Crippen LogP contribution is 2.42. The number of carbonyl (C=O) groups is 1. The third-order valence-electron chi connectivity index (χ3n) is 9.14. The number of rotatable bonds is 4. The molecule has 1 saturated heterocycles. The Balaban J connectivity index is 1.58. The minimum Gasteiger partial charge on any atom is -0.407 e. The first kappa shape index (κ1) is 29.5. The van der Waals surface area contributed by atoms with Crippen LogP contribution < -0.4 is 21.5 Å². The van der Waals surface area contributed by atoms with Gasteiger partial charge in [0.15, 0.2) is 11.2 Å². The fourth-order valence-corrected chi connectivity index (χ4v) is 6.93. The van der Waals surface area contributed by atoms with Crippen LogP contribution in [0.1, 0.15) is 43.5 Å². The van der Waals surface area contributed by atoms with Crippen LogP contribution in [0.25, 0.3) is 39.1 Å². The number of pyridine rings is 3. The van der Waals surface area contributed by atoms with E-state index in [2.05, 4.69) is 26.8 Å². The van der Waals surface area contributed by atoms with Gasteiger partial charge in [-0.25, -0.2) is 14.2 Å². The molecule has 0 aliphatic carbocycles. The minimum absolute atomic E-state index is 0.0356. The Kier molecular flexibility index (Phi) is 6.84. The number of nitrogens with zero attached hydrogens (tertiary/aromatic N) is 5. The molecule has 2 atom stereocenters. The molecule has 1 aromatic carbocycles. The van der Waals surface area contributed by atoms with E-state index in [1.807, 2.05) is 33.8 Å². The highest BCUT2D eigenvalue weighted by Gasteiger charge is 2.40. The number of carbonyl (C=O) groups excluding carboxylic acids is 1. The first-order chi connectivity index (χ1) is 22.0. The second-order valence-electron chi connectivity index (χ2n) is 12.5. The van der Waals surface area contributed by atoms with Gasteiger partial charge in [0.2, 0.25) is 5.91 Å². The van der Waals surface area contributed by atoms with Crippen molar-refractivity contribution in [2.75, 3.05) is 29.9 Å². The van der Waals surface area contributed by atoms with E-state index in [0.29, 0.717) is 64.4 Å². The summed E-state index contributed by atoms with van der Waals surface area (Å²) in [5.74, 6) is -1.50. The summed E-state index contributed by atoms with van der Waals surface area (Å²) in [7, 11) is 0. The maximum atomic E-state index is 16.5. The molecular weight excluding hydrogens is 589 g/mol. The number of hydrogen-bond donors (Lipinski definition) is 2. The zero-order chi connectivity index (χ0) is 32.6. The Morgan fingerprint density at radius 1 is 1.15 bits per heavy atom. The molecule has 11 nitrogen and oxygen atoms in total. The average molecular weight is 624 g/mol. The Labute approximate surface area is 263 Å². The fraction of sp³-hybridized carbons (Fsp3) is 0.324. The third-order valence-corrected chi connectivity index (χ3v) is 9.14. The molecule has 1 fully saturated rings. The molecule has 4 aromatic heterocycles. The molecule has 7 rings (SSSR count). The molecule has 2 N–H and O–H groups in total. The molecule has 6 heterocycles. The van der Waals surface area contributed by atoms with Gasteiger partial charge in [0, 0.05) is 37.3 Å². The Hall–Kier alpha value is -5.26. The van der Waals surface area contributed by atoms with Crippen LogP contribution in [0.4, 0.5) is 15.8 Å². The van der Waals surface area contributed by atoms with E-state index in [0.717, 1.165) is 5.56 Å². The molecule has 2 unspecified atom stereocenters. The number of fused-ring (bicyclic) bond motifs is 6. The van der Waals surface area contributed by atoms with Crippen LogP contribution in [-0.2, 0) is 4.79 Å². The third kappa shape index (κ3) is 4.34. The Morgan fingerprint density at radius 3 is 2.67 bits per heavy atom. The van der Waals surface area contributed by atoms with Gasteiger partial charge in [0.05, 0.1) is 34.2 Å². The van der Waals surface area contributed by atoms with Crippen molar-refractivity contribution in [3.8, 4) is 16.9 Å². The highest BCUT2D eigenvalue weighted by molar-refractivity contribution is 6.01. The van der Waals surface area contributed by atoms with Gasteiger partial charge < -0.3 is 19.5 Å². The number of halogens is 1. The largest absolute Gasteiger partial charge is 0.417 e. The number of amides is 1. The number of nitrogens with one attached hydrogen (secondary N) is 2. The molecule has 236 valence electrons. The van der Waals surface area contributed by atoms with Crippen LogP contribution in [0.5, 0.6) is 0 Å². The summed E-state index contributed by atoms with van der Waals surface area (Å²) >= 11 is 0. The van der Waals surface area contributed by atoms with Crippen molar-refractivity contribution < 1.29 is 13.6 Å². The summed E-state index contributed by atoms with van der Waals surface area (Å²) in [6.45, 7) is 14.5. The molecule has 0 saturated carbocycles. The topological polar surface area (TPSA) is 129 Å². The van der Waals surface area contributed by atoms with Gasteiger partial charge in [-0.15, -0.1) is 0 Å². The van der Waals surface area contributed by atoms with E-state index in [4.69, 9.17) is 9.40 Å². The Morgan fingerprint density at radius 2 is 1.93 bits per heavy atom. The van der Waals surface area contributed by atoms with Gasteiger partial charge in [-0.3, -0.25) is 24.1 Å². The summed E-state index contributed by atoms with van der Waals surface area (Å²) in [5, 5.41) is 3.76. The molecule has 12 heteroatoms. The fourth-order valence-electron chi connectivity index (χ4n) is 6.93. The molecule has 0 bridgehead atoms. The van der Waals surface area contributed by atoms with Crippen molar-refractivity contribution in [2.45, 2.75) is 52.6 Å². The van der Waals surface area contributed by atoms with E-state index >= 15 is 4.39 Å². The first-order valence-corrected chi connectivity index (χ1v) is 15.3. The summed E-state index contributed by atoms with van der Waals surface area (Å²) < 4.78 is 23.5. The van der Waals surface area contributed by atoms with Crippen molar-refractivity contribution in [3.05, 3.63) is 86.7 Å². The number of oxazole rings is 1. The number of aromatic amines is 1. The van der Waals surface area contributed by atoms with Crippen LogP contribution in [0.2, 0.25) is 0 Å². The van der Waals surface area contributed by atoms with Crippen LogP contribution in [0.15, 0.2) is 57.1 Å². The van der Waals surface area contributed by atoms with Crippen LogP contribution >= 0.6 is 0 Å². The predicted molar refractivity (Wildman–Crippen MR) is 175 cm³/mol. The predicted octanol–water partition coefficient (Wildman–Crippen LogP) is 4.78. The van der Waals surface area contributed by atoms with Crippen molar-refractivity contribution in [2.24, 2.45) is 0 Å². The van der Waals surface area contributed by atoms with Crippen molar-refractivity contribution in [1.29, 1.82) is 0 Å². The molecule has 2 aliphatic rings. The quantitative estimate of drug-likeness (QED) is 0.274. The van der Waals surface area contributed by atoms with Crippen LogP contribution in [0.3, 0.4) is 0 Å². The molecule has 1 amide bonds. The molecular formula is C34H34FN7O4. The van der Waals surface area contributed by atoms with E-state index in [-0.39, 0.29) is 46.4 Å². The molecule has 0 spiro atoms. The molecule has 0 radical (unpaired) electrons. The lowest BCUT2D eigenvalue weighted by Crippen LogP contribution is -2.62. The smallest absolute Gasteiger partial charge is 0.407 e. The summed E-state index contributed by atoms with van der Waals surface area (Å²) in [6, 6.07) is 6.34. The second kappa shape index (κ2) is 10.7. The van der Waals surface area contributed by atoms with Crippen LogP contribution in [-0.4, -0.2) is 62.0 Å². The van der Waals surface area contributed by atoms with Crippen LogP contribution in [0, 0.1) is 19.7 Å². The summed E-state index contributed by atoms with van der Waals surface area (Å²) in [4.78, 5) is 55.6. The average Bonchev–Trinajstić information content (AvgIpc) is 3.41. The maximum Gasteiger partial charge on any atom is 0.417 e. The first-order valence-electron chi connectivity index (χ1n) is 15.3. The number of H-pyrrole nitrogens is 1. The van der Waals surface area contributed by atoms with E-state index in [1.165, 1.54) is 16.7 Å². The highest BCUT2D eigenvalue weighted by atomic mass is 19.1. The number of anilines is 2. The van der Waals surface area contributed by atoms with Gasteiger partial charge in [0.1, 0.15) is 17.2 Å². The molecule has 2 aliphatic heterocycles.